The Labute approximate surface area is 126 Å². The van der Waals surface area contributed by atoms with Crippen molar-refractivity contribution in [3.05, 3.63) is 0 Å². The number of hydrogen-bond donors (Lipinski definition) is 3. The van der Waals surface area contributed by atoms with Gasteiger partial charge in [0.15, 0.2) is 0 Å². The lowest BCUT2D eigenvalue weighted by Gasteiger charge is -2.31. The summed E-state index contributed by atoms with van der Waals surface area (Å²) in [6.07, 6.45) is 8.41. The predicted octanol–water partition coefficient (Wildman–Crippen LogP) is 2.76. The van der Waals surface area contributed by atoms with Crippen molar-refractivity contribution in [3.8, 4) is 0 Å². The van der Waals surface area contributed by atoms with Gasteiger partial charge in [-0.15, -0.1) is 0 Å². The molecule has 3 N–H and O–H groups in total. The van der Waals surface area contributed by atoms with Crippen LogP contribution in [0.1, 0.15) is 58.3 Å². The molecule has 0 aromatic rings. The largest absolute Gasteiger partial charge is 0.481 e. The SMILES string of the molecule is CCC1CCCCC1NC(=O)NCC1CCCC1C(=O)O. The van der Waals surface area contributed by atoms with E-state index in [2.05, 4.69) is 17.6 Å². The third kappa shape index (κ3) is 4.35. The van der Waals surface area contributed by atoms with Crippen molar-refractivity contribution in [2.75, 3.05) is 6.54 Å². The number of urea groups is 1. The van der Waals surface area contributed by atoms with Crippen LogP contribution in [0.2, 0.25) is 0 Å². The van der Waals surface area contributed by atoms with E-state index in [9.17, 15) is 9.59 Å². The molecule has 2 rings (SSSR count). The molecular weight excluding hydrogens is 268 g/mol. The average Bonchev–Trinajstić information content (AvgIpc) is 2.94. The molecule has 2 amide bonds. The predicted molar refractivity (Wildman–Crippen MR) is 81.0 cm³/mol. The maximum absolute atomic E-state index is 12.0. The second kappa shape index (κ2) is 7.66. The molecule has 0 heterocycles. The van der Waals surface area contributed by atoms with Gasteiger partial charge in [0.25, 0.3) is 0 Å². The highest BCUT2D eigenvalue weighted by molar-refractivity contribution is 5.74. The van der Waals surface area contributed by atoms with Crippen LogP contribution in [0.15, 0.2) is 0 Å². The second-order valence-corrected chi connectivity index (χ2v) is 6.55. The molecule has 0 saturated heterocycles. The highest BCUT2D eigenvalue weighted by Crippen LogP contribution is 2.31. The summed E-state index contributed by atoms with van der Waals surface area (Å²) in [5.74, 6) is -0.342. The van der Waals surface area contributed by atoms with Crippen LogP contribution < -0.4 is 10.6 Å². The maximum Gasteiger partial charge on any atom is 0.315 e. The number of carbonyl (C=O) groups excluding carboxylic acids is 1. The number of carbonyl (C=O) groups is 2. The van der Waals surface area contributed by atoms with E-state index in [1.165, 1.54) is 19.3 Å². The number of amides is 2. The lowest BCUT2D eigenvalue weighted by molar-refractivity contribution is -0.142. The summed E-state index contributed by atoms with van der Waals surface area (Å²) < 4.78 is 0. The summed E-state index contributed by atoms with van der Waals surface area (Å²) in [7, 11) is 0. The van der Waals surface area contributed by atoms with Crippen LogP contribution in [-0.4, -0.2) is 29.7 Å². The number of carboxylic acid groups (broad SMARTS) is 1. The second-order valence-electron chi connectivity index (χ2n) is 6.55. The van der Waals surface area contributed by atoms with Gasteiger partial charge in [0.2, 0.25) is 0 Å². The Balaban J connectivity index is 1.75. The molecule has 5 heteroatoms. The van der Waals surface area contributed by atoms with E-state index in [-0.39, 0.29) is 23.9 Å². The first kappa shape index (κ1) is 16.1. The summed E-state index contributed by atoms with van der Waals surface area (Å²) in [6, 6.07) is 0.152. The zero-order valence-corrected chi connectivity index (χ0v) is 12.9. The molecule has 0 aromatic carbocycles. The number of hydrogen-bond acceptors (Lipinski definition) is 2. The van der Waals surface area contributed by atoms with Crippen LogP contribution >= 0.6 is 0 Å². The normalized spacial score (nSPS) is 32.6. The smallest absolute Gasteiger partial charge is 0.315 e. The van der Waals surface area contributed by atoms with Crippen LogP contribution in [0, 0.1) is 17.8 Å². The van der Waals surface area contributed by atoms with Gasteiger partial charge >= 0.3 is 12.0 Å². The highest BCUT2D eigenvalue weighted by Gasteiger charge is 2.33. The van der Waals surface area contributed by atoms with Crippen molar-refractivity contribution in [3.63, 3.8) is 0 Å². The molecule has 0 spiro atoms. The van der Waals surface area contributed by atoms with E-state index >= 15 is 0 Å². The van der Waals surface area contributed by atoms with Crippen molar-refractivity contribution in [1.29, 1.82) is 0 Å². The van der Waals surface area contributed by atoms with Crippen molar-refractivity contribution < 1.29 is 14.7 Å². The van der Waals surface area contributed by atoms with Crippen molar-refractivity contribution >= 4 is 12.0 Å². The molecule has 0 aliphatic heterocycles. The zero-order chi connectivity index (χ0) is 15.2. The van der Waals surface area contributed by atoms with E-state index in [0.717, 1.165) is 32.1 Å². The minimum absolute atomic E-state index is 0.0848. The van der Waals surface area contributed by atoms with E-state index in [0.29, 0.717) is 12.5 Å². The molecule has 2 fully saturated rings. The van der Waals surface area contributed by atoms with Crippen molar-refractivity contribution in [2.45, 2.75) is 64.3 Å². The van der Waals surface area contributed by atoms with E-state index in [1.807, 2.05) is 0 Å². The fourth-order valence-electron chi connectivity index (χ4n) is 3.94. The van der Waals surface area contributed by atoms with Crippen LogP contribution in [0.3, 0.4) is 0 Å². The minimum Gasteiger partial charge on any atom is -0.481 e. The fraction of sp³-hybridized carbons (Fsp3) is 0.875. The summed E-state index contributed by atoms with van der Waals surface area (Å²) in [5, 5.41) is 15.1. The van der Waals surface area contributed by atoms with Crippen LogP contribution in [0.5, 0.6) is 0 Å². The lowest BCUT2D eigenvalue weighted by Crippen LogP contribution is -2.48. The molecule has 0 radical (unpaired) electrons. The first-order valence-electron chi connectivity index (χ1n) is 8.39. The van der Waals surface area contributed by atoms with Crippen LogP contribution in [0.4, 0.5) is 4.79 Å². The number of rotatable bonds is 5. The van der Waals surface area contributed by atoms with Crippen molar-refractivity contribution in [1.82, 2.24) is 10.6 Å². The van der Waals surface area contributed by atoms with Gasteiger partial charge in [-0.05, 0) is 37.5 Å². The first-order valence-corrected chi connectivity index (χ1v) is 8.39. The summed E-state index contributed by atoms with van der Waals surface area (Å²) >= 11 is 0. The molecule has 0 aromatic heterocycles. The van der Waals surface area contributed by atoms with Crippen LogP contribution in [0.25, 0.3) is 0 Å². The topological polar surface area (TPSA) is 78.4 Å². The van der Waals surface area contributed by atoms with Gasteiger partial charge in [-0.3, -0.25) is 4.79 Å². The molecular formula is C16H28N2O3. The molecule has 2 saturated carbocycles. The molecule has 4 atom stereocenters. The summed E-state index contributed by atoms with van der Waals surface area (Å²) in [4.78, 5) is 23.2. The van der Waals surface area contributed by atoms with E-state index in [1.54, 1.807) is 0 Å². The van der Waals surface area contributed by atoms with Crippen LogP contribution in [-0.2, 0) is 4.79 Å². The molecule has 4 unspecified atom stereocenters. The average molecular weight is 296 g/mol. The van der Waals surface area contributed by atoms with Gasteiger partial charge in [-0.2, -0.15) is 0 Å². The van der Waals surface area contributed by atoms with Gasteiger partial charge in [0.1, 0.15) is 0 Å². The Morgan fingerprint density at radius 3 is 2.48 bits per heavy atom. The molecule has 5 nitrogen and oxygen atoms in total. The Hall–Kier alpha value is -1.26. The fourth-order valence-corrected chi connectivity index (χ4v) is 3.94. The minimum atomic E-state index is -0.724. The van der Waals surface area contributed by atoms with Gasteiger partial charge < -0.3 is 15.7 Å². The maximum atomic E-state index is 12.0. The third-order valence-corrected chi connectivity index (χ3v) is 5.25. The molecule has 21 heavy (non-hydrogen) atoms. The van der Waals surface area contributed by atoms with E-state index in [4.69, 9.17) is 5.11 Å². The standard InChI is InChI=1S/C16H28N2O3/c1-2-11-6-3-4-9-14(11)18-16(21)17-10-12-7-5-8-13(12)15(19)20/h11-14H,2-10H2,1H3,(H,19,20)(H2,17,18,21). The van der Waals surface area contributed by atoms with Gasteiger partial charge in [0, 0.05) is 12.6 Å². The number of carboxylic acids is 1. The highest BCUT2D eigenvalue weighted by atomic mass is 16.4. The summed E-state index contributed by atoms with van der Waals surface area (Å²) in [6.45, 7) is 2.66. The Morgan fingerprint density at radius 2 is 1.76 bits per heavy atom. The third-order valence-electron chi connectivity index (χ3n) is 5.25. The quantitative estimate of drug-likeness (QED) is 0.730. The molecule has 0 bridgehead atoms. The van der Waals surface area contributed by atoms with Gasteiger partial charge in [0.05, 0.1) is 5.92 Å². The summed E-state index contributed by atoms with van der Waals surface area (Å²) in [5.41, 5.74) is 0. The molecule has 2 aliphatic rings. The Kier molecular flexibility index (Phi) is 5.88. The first-order chi connectivity index (χ1) is 10.1. The number of aliphatic carboxylic acids is 1. The zero-order valence-electron chi connectivity index (χ0n) is 12.9. The monoisotopic (exact) mass is 296 g/mol. The molecule has 2 aliphatic carbocycles. The van der Waals surface area contributed by atoms with E-state index < -0.39 is 5.97 Å². The molecule has 120 valence electrons. The Bertz CT molecular complexity index is 373. The van der Waals surface area contributed by atoms with Crippen molar-refractivity contribution in [2.24, 2.45) is 17.8 Å². The number of nitrogens with one attached hydrogen (secondary N) is 2. The van der Waals surface area contributed by atoms with Gasteiger partial charge in [-0.25, -0.2) is 4.79 Å². The Morgan fingerprint density at radius 1 is 1.05 bits per heavy atom. The van der Waals surface area contributed by atoms with Gasteiger partial charge in [-0.1, -0.05) is 32.6 Å². The lowest BCUT2D eigenvalue weighted by atomic mass is 9.83.